The normalized spacial score (nSPS) is 18.9. The van der Waals surface area contributed by atoms with Gasteiger partial charge in [-0.15, -0.1) is 11.3 Å². The van der Waals surface area contributed by atoms with Crippen molar-refractivity contribution in [3.05, 3.63) is 39.9 Å². The van der Waals surface area contributed by atoms with E-state index in [0.717, 1.165) is 40.8 Å². The van der Waals surface area contributed by atoms with Crippen molar-refractivity contribution in [3.63, 3.8) is 0 Å². The second kappa shape index (κ2) is 6.88. The van der Waals surface area contributed by atoms with Crippen LogP contribution in [0.15, 0.2) is 24.3 Å². The molecule has 0 saturated carbocycles. The third-order valence-corrected chi connectivity index (χ3v) is 5.12. The Morgan fingerprint density at radius 3 is 2.90 bits per heavy atom. The SMILES string of the molecule is Cc1nc(-c2ccc(Cl)cc2)sc1COC1CCCNC1. The van der Waals surface area contributed by atoms with Crippen LogP contribution in [0.3, 0.4) is 0 Å². The molecule has 1 unspecified atom stereocenters. The molecule has 5 heteroatoms. The van der Waals surface area contributed by atoms with Crippen LogP contribution < -0.4 is 5.32 Å². The van der Waals surface area contributed by atoms with Gasteiger partial charge >= 0.3 is 0 Å². The van der Waals surface area contributed by atoms with Crippen molar-refractivity contribution >= 4 is 22.9 Å². The zero-order valence-corrected chi connectivity index (χ0v) is 13.6. The van der Waals surface area contributed by atoms with Crippen LogP contribution in [-0.4, -0.2) is 24.2 Å². The molecule has 0 bridgehead atoms. The Kier molecular flexibility index (Phi) is 4.91. The Labute approximate surface area is 134 Å². The lowest BCUT2D eigenvalue weighted by atomic mass is 10.1. The van der Waals surface area contributed by atoms with Gasteiger partial charge in [-0.2, -0.15) is 0 Å². The molecule has 1 aromatic heterocycles. The molecule has 0 spiro atoms. The summed E-state index contributed by atoms with van der Waals surface area (Å²) in [4.78, 5) is 5.87. The van der Waals surface area contributed by atoms with E-state index in [2.05, 4.69) is 10.3 Å². The first kappa shape index (κ1) is 15.0. The minimum Gasteiger partial charge on any atom is -0.371 e. The fourth-order valence-electron chi connectivity index (χ4n) is 2.43. The van der Waals surface area contributed by atoms with E-state index in [0.29, 0.717) is 12.7 Å². The molecule has 2 heterocycles. The van der Waals surface area contributed by atoms with E-state index in [1.807, 2.05) is 31.2 Å². The Hall–Kier alpha value is -0.940. The van der Waals surface area contributed by atoms with Gasteiger partial charge in [-0.3, -0.25) is 0 Å². The summed E-state index contributed by atoms with van der Waals surface area (Å²) in [6.45, 7) is 4.78. The molecule has 0 radical (unpaired) electrons. The third-order valence-electron chi connectivity index (χ3n) is 3.69. The first-order chi connectivity index (χ1) is 10.2. The highest BCUT2D eigenvalue weighted by molar-refractivity contribution is 7.15. The van der Waals surface area contributed by atoms with Crippen molar-refractivity contribution in [1.29, 1.82) is 0 Å². The molecule has 1 aliphatic heterocycles. The van der Waals surface area contributed by atoms with Crippen LogP contribution in [0.5, 0.6) is 0 Å². The quantitative estimate of drug-likeness (QED) is 0.922. The van der Waals surface area contributed by atoms with Crippen molar-refractivity contribution < 1.29 is 4.74 Å². The monoisotopic (exact) mass is 322 g/mol. The Balaban J connectivity index is 1.67. The van der Waals surface area contributed by atoms with E-state index in [9.17, 15) is 0 Å². The van der Waals surface area contributed by atoms with E-state index in [4.69, 9.17) is 16.3 Å². The predicted molar refractivity (Wildman–Crippen MR) is 88.0 cm³/mol. The molecule has 1 aliphatic rings. The lowest BCUT2D eigenvalue weighted by Crippen LogP contribution is -2.35. The number of ether oxygens (including phenoxy) is 1. The van der Waals surface area contributed by atoms with Gasteiger partial charge < -0.3 is 10.1 Å². The van der Waals surface area contributed by atoms with Gasteiger partial charge in [-0.1, -0.05) is 23.7 Å². The summed E-state index contributed by atoms with van der Waals surface area (Å²) < 4.78 is 6.00. The van der Waals surface area contributed by atoms with Gasteiger partial charge in [0.1, 0.15) is 5.01 Å². The molecule has 3 rings (SSSR count). The number of benzene rings is 1. The summed E-state index contributed by atoms with van der Waals surface area (Å²) in [6.07, 6.45) is 2.68. The number of piperidine rings is 1. The zero-order valence-electron chi connectivity index (χ0n) is 12.1. The van der Waals surface area contributed by atoms with Gasteiger partial charge in [0.05, 0.1) is 23.3 Å². The van der Waals surface area contributed by atoms with Crippen LogP contribution in [0, 0.1) is 6.92 Å². The highest BCUT2D eigenvalue weighted by Crippen LogP contribution is 2.29. The van der Waals surface area contributed by atoms with Gasteiger partial charge in [-0.25, -0.2) is 4.98 Å². The summed E-state index contributed by atoms with van der Waals surface area (Å²) in [7, 11) is 0. The zero-order chi connectivity index (χ0) is 14.7. The van der Waals surface area contributed by atoms with E-state index >= 15 is 0 Å². The van der Waals surface area contributed by atoms with Crippen LogP contribution >= 0.6 is 22.9 Å². The minimum atomic E-state index is 0.333. The molecule has 1 N–H and O–H groups in total. The van der Waals surface area contributed by atoms with E-state index < -0.39 is 0 Å². The number of nitrogens with zero attached hydrogens (tertiary/aromatic N) is 1. The number of nitrogens with one attached hydrogen (secondary N) is 1. The highest BCUT2D eigenvalue weighted by Gasteiger charge is 2.15. The number of hydrogen-bond donors (Lipinski definition) is 1. The third kappa shape index (κ3) is 3.83. The maximum Gasteiger partial charge on any atom is 0.123 e. The summed E-state index contributed by atoms with van der Waals surface area (Å²) in [6, 6.07) is 7.82. The van der Waals surface area contributed by atoms with Crippen molar-refractivity contribution in [3.8, 4) is 10.6 Å². The Morgan fingerprint density at radius 1 is 1.38 bits per heavy atom. The Bertz CT molecular complexity index is 591. The molecule has 1 atom stereocenters. The summed E-state index contributed by atoms with van der Waals surface area (Å²) in [5, 5.41) is 5.15. The van der Waals surface area contributed by atoms with Gasteiger partial charge in [0.15, 0.2) is 0 Å². The number of aryl methyl sites for hydroxylation is 1. The van der Waals surface area contributed by atoms with Gasteiger partial charge in [0.2, 0.25) is 0 Å². The van der Waals surface area contributed by atoms with Gasteiger partial charge in [0.25, 0.3) is 0 Å². The minimum absolute atomic E-state index is 0.333. The summed E-state index contributed by atoms with van der Waals surface area (Å²) in [5.74, 6) is 0. The lowest BCUT2D eigenvalue weighted by molar-refractivity contribution is 0.0264. The Morgan fingerprint density at radius 2 is 2.19 bits per heavy atom. The van der Waals surface area contributed by atoms with Crippen molar-refractivity contribution in [2.24, 2.45) is 0 Å². The molecular weight excluding hydrogens is 304 g/mol. The van der Waals surface area contributed by atoms with Crippen molar-refractivity contribution in [1.82, 2.24) is 10.3 Å². The molecule has 0 aliphatic carbocycles. The maximum atomic E-state index is 6.00. The van der Waals surface area contributed by atoms with E-state index in [1.54, 1.807) is 11.3 Å². The summed E-state index contributed by atoms with van der Waals surface area (Å²) in [5.41, 5.74) is 2.17. The topological polar surface area (TPSA) is 34.1 Å². The van der Waals surface area contributed by atoms with Crippen LogP contribution in [0.1, 0.15) is 23.4 Å². The number of hydrogen-bond acceptors (Lipinski definition) is 4. The van der Waals surface area contributed by atoms with Crippen molar-refractivity contribution in [2.45, 2.75) is 32.5 Å². The van der Waals surface area contributed by atoms with E-state index in [-0.39, 0.29) is 0 Å². The highest BCUT2D eigenvalue weighted by atomic mass is 35.5. The molecule has 21 heavy (non-hydrogen) atoms. The molecular formula is C16H19ClN2OS. The molecule has 1 aromatic carbocycles. The molecule has 1 saturated heterocycles. The fraction of sp³-hybridized carbons (Fsp3) is 0.438. The number of halogens is 1. The largest absolute Gasteiger partial charge is 0.371 e. The second-order valence-corrected chi connectivity index (χ2v) is 6.83. The van der Waals surface area contributed by atoms with Crippen LogP contribution in [0.2, 0.25) is 5.02 Å². The van der Waals surface area contributed by atoms with Gasteiger partial charge in [-0.05, 0) is 38.4 Å². The molecule has 0 amide bonds. The standard InChI is InChI=1S/C16H19ClN2OS/c1-11-15(10-20-14-3-2-8-18-9-14)21-16(19-11)12-4-6-13(17)7-5-12/h4-7,14,18H,2-3,8-10H2,1H3. The summed E-state index contributed by atoms with van der Waals surface area (Å²) >= 11 is 7.64. The lowest BCUT2D eigenvalue weighted by Gasteiger charge is -2.22. The number of rotatable bonds is 4. The predicted octanol–water partition coefficient (Wildman–Crippen LogP) is 4.04. The first-order valence-electron chi connectivity index (χ1n) is 7.27. The number of aromatic nitrogens is 1. The average molecular weight is 323 g/mol. The molecule has 2 aromatic rings. The van der Waals surface area contributed by atoms with Crippen LogP contribution in [0.25, 0.3) is 10.6 Å². The maximum absolute atomic E-state index is 6.00. The van der Waals surface area contributed by atoms with Crippen molar-refractivity contribution in [2.75, 3.05) is 13.1 Å². The van der Waals surface area contributed by atoms with Crippen LogP contribution in [-0.2, 0) is 11.3 Å². The molecule has 1 fully saturated rings. The van der Waals surface area contributed by atoms with Gasteiger partial charge in [0, 0.05) is 17.1 Å². The second-order valence-electron chi connectivity index (χ2n) is 5.31. The van der Waals surface area contributed by atoms with E-state index in [1.165, 1.54) is 11.3 Å². The molecule has 112 valence electrons. The molecule has 3 nitrogen and oxygen atoms in total. The number of thiazole rings is 1. The fourth-order valence-corrected chi connectivity index (χ4v) is 3.55. The smallest absolute Gasteiger partial charge is 0.123 e. The van der Waals surface area contributed by atoms with Crippen LogP contribution in [0.4, 0.5) is 0 Å². The average Bonchev–Trinajstić information content (AvgIpc) is 2.88. The first-order valence-corrected chi connectivity index (χ1v) is 8.46.